The number of aromatic nitrogens is 3. The summed E-state index contributed by atoms with van der Waals surface area (Å²) in [6.45, 7) is 7.06. The van der Waals surface area contributed by atoms with Gasteiger partial charge in [0.1, 0.15) is 5.82 Å². The van der Waals surface area contributed by atoms with Crippen molar-refractivity contribution in [3.63, 3.8) is 0 Å². The number of carbonyl (C=O) groups is 1. The Hall–Kier alpha value is -3.76. The molecule has 4 aliphatic rings. The van der Waals surface area contributed by atoms with Crippen LogP contribution in [0.25, 0.3) is 11.3 Å². The van der Waals surface area contributed by atoms with E-state index < -0.39 is 0 Å². The molecular weight excluding hydrogens is 480 g/mol. The molecule has 0 saturated carbocycles. The van der Waals surface area contributed by atoms with E-state index in [0.29, 0.717) is 19.0 Å². The van der Waals surface area contributed by atoms with Crippen LogP contribution in [0.2, 0.25) is 0 Å². The van der Waals surface area contributed by atoms with E-state index in [4.69, 9.17) is 9.72 Å². The minimum absolute atomic E-state index is 0.0622. The summed E-state index contributed by atoms with van der Waals surface area (Å²) in [4.78, 5) is 31.4. The maximum atomic E-state index is 12.8. The van der Waals surface area contributed by atoms with E-state index in [1.165, 1.54) is 11.3 Å². The summed E-state index contributed by atoms with van der Waals surface area (Å²) >= 11 is 0. The zero-order chi connectivity index (χ0) is 25.7. The van der Waals surface area contributed by atoms with Crippen LogP contribution in [-0.4, -0.2) is 78.2 Å². The van der Waals surface area contributed by atoms with Gasteiger partial charge in [0.25, 0.3) is 0 Å². The highest BCUT2D eigenvalue weighted by atomic mass is 16.5. The lowest BCUT2D eigenvalue weighted by Crippen LogP contribution is -2.41. The van der Waals surface area contributed by atoms with E-state index in [2.05, 4.69) is 53.9 Å². The van der Waals surface area contributed by atoms with Crippen molar-refractivity contribution in [1.29, 1.82) is 0 Å². The van der Waals surface area contributed by atoms with Gasteiger partial charge in [0.15, 0.2) is 0 Å². The fourth-order valence-electron chi connectivity index (χ4n) is 5.41. The summed E-state index contributed by atoms with van der Waals surface area (Å²) in [6.07, 6.45) is 5.28. The number of benzene rings is 1. The molecule has 3 aromatic rings. The zero-order valence-electron chi connectivity index (χ0n) is 21.5. The largest absolute Gasteiger partial charge is 0.378 e. The molecule has 2 aromatic heterocycles. The summed E-state index contributed by atoms with van der Waals surface area (Å²) in [5, 5.41) is 9.84. The van der Waals surface area contributed by atoms with Gasteiger partial charge >= 0.3 is 0 Å². The Balaban J connectivity index is 1.33. The predicted molar refractivity (Wildman–Crippen MR) is 148 cm³/mol. The number of ether oxygens (including phenoxy) is 1. The van der Waals surface area contributed by atoms with Crippen LogP contribution < -0.4 is 20.9 Å². The molecule has 0 spiro atoms. The first-order valence-electron chi connectivity index (χ1n) is 13.5. The van der Waals surface area contributed by atoms with Crippen molar-refractivity contribution < 1.29 is 9.53 Å². The molecule has 2 saturated heterocycles. The first-order valence-corrected chi connectivity index (χ1v) is 13.5. The first kappa shape index (κ1) is 24.6. The maximum absolute atomic E-state index is 12.8. The highest BCUT2D eigenvalue weighted by Gasteiger charge is 2.26. The third kappa shape index (κ3) is 5.71. The zero-order valence-corrected chi connectivity index (χ0v) is 21.5. The van der Waals surface area contributed by atoms with E-state index in [9.17, 15) is 4.79 Å². The lowest BCUT2D eigenvalue weighted by molar-refractivity contribution is -0.126. The molecule has 7 rings (SSSR count). The molecular formula is C28H34N8O2. The number of pyridine rings is 1. The molecule has 10 heteroatoms. The second-order valence-corrected chi connectivity index (χ2v) is 10.0. The quantitative estimate of drug-likeness (QED) is 0.452. The molecule has 8 bridgehead atoms. The van der Waals surface area contributed by atoms with Crippen LogP contribution in [0.4, 0.5) is 23.1 Å². The Morgan fingerprint density at radius 3 is 2.58 bits per heavy atom. The number of morpholine rings is 1. The molecule has 1 amide bonds. The lowest BCUT2D eigenvalue weighted by Gasteiger charge is -2.34. The number of rotatable bonds is 1. The van der Waals surface area contributed by atoms with E-state index in [1.807, 2.05) is 18.2 Å². The third-order valence-electron chi connectivity index (χ3n) is 7.48. The predicted octanol–water partition coefficient (Wildman–Crippen LogP) is 2.87. The number of piperidine rings is 1. The van der Waals surface area contributed by atoms with Crippen molar-refractivity contribution in [3.05, 3.63) is 54.4 Å². The lowest BCUT2D eigenvalue weighted by atomic mass is 9.95. The van der Waals surface area contributed by atoms with Crippen LogP contribution in [0.3, 0.4) is 0 Å². The number of nitrogens with zero attached hydrogens (tertiary/aromatic N) is 5. The topological polar surface area (TPSA) is 108 Å². The van der Waals surface area contributed by atoms with Crippen molar-refractivity contribution >= 4 is 29.0 Å². The van der Waals surface area contributed by atoms with Gasteiger partial charge in [0, 0.05) is 68.0 Å². The summed E-state index contributed by atoms with van der Waals surface area (Å²) in [5.41, 5.74) is 5.21. The monoisotopic (exact) mass is 514 g/mol. The van der Waals surface area contributed by atoms with Crippen LogP contribution in [0.1, 0.15) is 18.4 Å². The van der Waals surface area contributed by atoms with Gasteiger partial charge in [-0.1, -0.05) is 0 Å². The molecule has 10 nitrogen and oxygen atoms in total. The Bertz CT molecular complexity index is 1270. The van der Waals surface area contributed by atoms with Crippen molar-refractivity contribution in [2.24, 2.45) is 5.92 Å². The van der Waals surface area contributed by atoms with Gasteiger partial charge in [0.2, 0.25) is 11.9 Å². The van der Waals surface area contributed by atoms with Crippen LogP contribution in [0.15, 0.2) is 48.8 Å². The fraction of sp³-hybridized carbons (Fsp3) is 0.429. The smallest absolute Gasteiger partial charge is 0.227 e. The van der Waals surface area contributed by atoms with Crippen molar-refractivity contribution in [2.45, 2.75) is 19.4 Å². The van der Waals surface area contributed by atoms with Crippen LogP contribution in [0.5, 0.6) is 0 Å². The SMILES string of the molecule is O=C1NCCNc2cc(ccn2)-c2ccnc(n2)Nc2ccc(N3CCOCC3)c(c2)CN2CCC1CC2. The molecule has 38 heavy (non-hydrogen) atoms. The Morgan fingerprint density at radius 1 is 0.895 bits per heavy atom. The third-order valence-corrected chi connectivity index (χ3v) is 7.48. The number of carbonyl (C=O) groups excluding carboxylic acids is 1. The van der Waals surface area contributed by atoms with Gasteiger partial charge in [-0.3, -0.25) is 9.69 Å². The van der Waals surface area contributed by atoms with Crippen LogP contribution in [0, 0.1) is 5.92 Å². The highest BCUT2D eigenvalue weighted by Crippen LogP contribution is 2.30. The Morgan fingerprint density at radius 2 is 1.71 bits per heavy atom. The van der Waals surface area contributed by atoms with Gasteiger partial charge in [-0.05, 0) is 67.9 Å². The summed E-state index contributed by atoms with van der Waals surface area (Å²) in [6, 6.07) is 12.3. The molecule has 4 aliphatic heterocycles. The van der Waals surface area contributed by atoms with E-state index in [0.717, 1.165) is 81.5 Å². The number of nitrogens with one attached hydrogen (secondary N) is 3. The average Bonchev–Trinajstić information content (AvgIpc) is 2.96. The molecule has 3 N–H and O–H groups in total. The fourth-order valence-corrected chi connectivity index (χ4v) is 5.41. The Labute approximate surface area is 222 Å². The highest BCUT2D eigenvalue weighted by molar-refractivity contribution is 5.78. The Kier molecular flexibility index (Phi) is 7.32. The molecule has 2 fully saturated rings. The summed E-state index contributed by atoms with van der Waals surface area (Å²) in [5.74, 6) is 1.51. The van der Waals surface area contributed by atoms with Crippen molar-refractivity contribution in [1.82, 2.24) is 25.2 Å². The minimum atomic E-state index is 0.0622. The number of amides is 1. The minimum Gasteiger partial charge on any atom is -0.378 e. The standard InChI is InChI=1S/C28H34N8O2/c37-27-20-5-11-35(12-6-20)19-22-17-23(1-2-25(22)36-13-15-38-16-14-36)33-28-32-8-4-24(34-28)21-3-7-29-26(18-21)30-9-10-31-27/h1-4,7-8,17-18,20H,5-6,9-16,19H2,(H,29,30)(H,31,37)(H,32,33,34). The number of anilines is 4. The number of fused-ring (bicyclic) bond motifs is 6. The maximum Gasteiger partial charge on any atom is 0.227 e. The van der Waals surface area contributed by atoms with Crippen molar-refractivity contribution in [3.8, 4) is 11.3 Å². The number of hydrogen-bond donors (Lipinski definition) is 3. The molecule has 0 radical (unpaired) electrons. The summed E-state index contributed by atoms with van der Waals surface area (Å²) < 4.78 is 5.60. The van der Waals surface area contributed by atoms with Gasteiger partial charge in [-0.25, -0.2) is 15.0 Å². The second-order valence-electron chi connectivity index (χ2n) is 10.0. The molecule has 0 aliphatic carbocycles. The normalized spacial score (nSPS) is 22.1. The molecule has 0 atom stereocenters. The summed E-state index contributed by atoms with van der Waals surface area (Å²) in [7, 11) is 0. The molecule has 6 heterocycles. The van der Waals surface area contributed by atoms with Crippen molar-refractivity contribution in [2.75, 3.05) is 68.0 Å². The second kappa shape index (κ2) is 11.3. The molecule has 198 valence electrons. The van der Waals surface area contributed by atoms with E-state index in [-0.39, 0.29) is 11.8 Å². The molecule has 1 aromatic carbocycles. The van der Waals surface area contributed by atoms with Gasteiger partial charge in [0.05, 0.1) is 18.9 Å². The van der Waals surface area contributed by atoms with Gasteiger partial charge in [-0.15, -0.1) is 0 Å². The number of hydrogen-bond acceptors (Lipinski definition) is 9. The van der Waals surface area contributed by atoms with Crippen LogP contribution in [-0.2, 0) is 16.1 Å². The van der Waals surface area contributed by atoms with E-state index in [1.54, 1.807) is 12.4 Å². The van der Waals surface area contributed by atoms with E-state index >= 15 is 0 Å². The van der Waals surface area contributed by atoms with Crippen LogP contribution >= 0.6 is 0 Å². The van der Waals surface area contributed by atoms with Gasteiger partial charge < -0.3 is 25.6 Å². The molecule has 0 unspecified atom stereocenters. The average molecular weight is 515 g/mol. The van der Waals surface area contributed by atoms with Gasteiger partial charge in [-0.2, -0.15) is 0 Å². The first-order chi connectivity index (χ1) is 18.7.